The van der Waals surface area contributed by atoms with E-state index < -0.39 is 0 Å². The van der Waals surface area contributed by atoms with E-state index in [9.17, 15) is 0 Å². The molecule has 0 aromatic heterocycles. The van der Waals surface area contributed by atoms with Crippen LogP contribution in [0.15, 0.2) is 23.3 Å². The van der Waals surface area contributed by atoms with Gasteiger partial charge in [0.05, 0.1) is 10.0 Å². The topological polar surface area (TPSA) is 67.6 Å². The number of hydrogen-bond donors (Lipinski definition) is 2. The fourth-order valence-corrected chi connectivity index (χ4v) is 1.49. The standard InChI is InChI=1S/C9H12Cl2N4/c1-2-15(9(12)14-13)6-3-4-7(10)8(11)5-6/h3-5H,2,13H2,1H3,(H2,12,14). The average Bonchev–Trinajstić information content (AvgIpc) is 2.24. The Labute approximate surface area is 98.4 Å². The molecule has 0 aliphatic carbocycles. The lowest BCUT2D eigenvalue weighted by Gasteiger charge is -2.21. The van der Waals surface area contributed by atoms with E-state index in [0.29, 0.717) is 16.6 Å². The summed E-state index contributed by atoms with van der Waals surface area (Å²) in [5.41, 5.74) is 6.43. The van der Waals surface area contributed by atoms with Gasteiger partial charge in [-0.25, -0.2) is 0 Å². The van der Waals surface area contributed by atoms with Crippen LogP contribution in [-0.4, -0.2) is 12.5 Å². The summed E-state index contributed by atoms with van der Waals surface area (Å²) in [6.07, 6.45) is 0. The van der Waals surface area contributed by atoms with E-state index in [4.69, 9.17) is 34.8 Å². The third-order valence-corrected chi connectivity index (χ3v) is 2.68. The molecule has 1 rings (SSSR count). The molecule has 4 N–H and O–H groups in total. The minimum atomic E-state index is 0.232. The first-order valence-corrected chi connectivity index (χ1v) is 5.11. The summed E-state index contributed by atoms with van der Waals surface area (Å²) >= 11 is 11.7. The summed E-state index contributed by atoms with van der Waals surface area (Å²) in [6, 6.07) is 5.22. The van der Waals surface area contributed by atoms with E-state index in [0.717, 1.165) is 5.69 Å². The number of hydrogen-bond acceptors (Lipinski definition) is 2. The van der Waals surface area contributed by atoms with Gasteiger partial charge in [-0.1, -0.05) is 23.2 Å². The second-order valence-corrected chi connectivity index (χ2v) is 3.64. The maximum absolute atomic E-state index is 5.89. The van der Waals surface area contributed by atoms with E-state index in [1.807, 2.05) is 6.92 Å². The van der Waals surface area contributed by atoms with Crippen LogP contribution in [0.1, 0.15) is 6.92 Å². The maximum atomic E-state index is 5.89. The smallest absolute Gasteiger partial charge is 0.217 e. The molecular formula is C9H12Cl2N4. The Morgan fingerprint density at radius 2 is 2.07 bits per heavy atom. The predicted molar refractivity (Wildman–Crippen MR) is 65.3 cm³/mol. The van der Waals surface area contributed by atoms with Gasteiger partial charge < -0.3 is 16.5 Å². The molecule has 6 heteroatoms. The lowest BCUT2D eigenvalue weighted by atomic mass is 10.3. The van der Waals surface area contributed by atoms with Crippen LogP contribution in [0.4, 0.5) is 5.69 Å². The van der Waals surface area contributed by atoms with Crippen LogP contribution in [0.2, 0.25) is 10.0 Å². The molecule has 0 aliphatic rings. The molecule has 0 amide bonds. The van der Waals surface area contributed by atoms with Crippen LogP contribution in [0.3, 0.4) is 0 Å². The normalized spacial score (nSPS) is 11.5. The second kappa shape index (κ2) is 5.09. The Balaban J connectivity index is 3.08. The first kappa shape index (κ1) is 11.9. The maximum Gasteiger partial charge on any atom is 0.217 e. The van der Waals surface area contributed by atoms with Gasteiger partial charge in [0.2, 0.25) is 5.96 Å². The van der Waals surface area contributed by atoms with E-state index in [2.05, 4.69) is 5.10 Å². The summed E-state index contributed by atoms with van der Waals surface area (Å²) < 4.78 is 0. The van der Waals surface area contributed by atoms with Gasteiger partial charge in [0.25, 0.3) is 0 Å². The molecular weight excluding hydrogens is 235 g/mol. The van der Waals surface area contributed by atoms with Crippen LogP contribution in [0.5, 0.6) is 0 Å². The van der Waals surface area contributed by atoms with Crippen molar-refractivity contribution in [2.75, 3.05) is 11.4 Å². The van der Waals surface area contributed by atoms with Gasteiger partial charge in [-0.3, -0.25) is 0 Å². The van der Waals surface area contributed by atoms with Gasteiger partial charge in [0.1, 0.15) is 0 Å². The highest BCUT2D eigenvalue weighted by Gasteiger charge is 2.09. The number of benzene rings is 1. The van der Waals surface area contributed by atoms with Gasteiger partial charge in [-0.05, 0) is 25.1 Å². The van der Waals surface area contributed by atoms with E-state index in [1.54, 1.807) is 23.1 Å². The molecule has 1 aromatic rings. The summed E-state index contributed by atoms with van der Waals surface area (Å²) in [5.74, 6) is 5.35. The molecule has 0 fully saturated rings. The Morgan fingerprint density at radius 1 is 1.40 bits per heavy atom. The number of anilines is 1. The first-order valence-electron chi connectivity index (χ1n) is 4.36. The van der Waals surface area contributed by atoms with Crippen LogP contribution in [0, 0.1) is 0 Å². The van der Waals surface area contributed by atoms with E-state index >= 15 is 0 Å². The van der Waals surface area contributed by atoms with Crippen molar-refractivity contribution in [3.8, 4) is 0 Å². The van der Waals surface area contributed by atoms with Gasteiger partial charge in [-0.2, -0.15) is 0 Å². The van der Waals surface area contributed by atoms with Crippen molar-refractivity contribution in [2.45, 2.75) is 6.92 Å². The zero-order chi connectivity index (χ0) is 11.4. The van der Waals surface area contributed by atoms with Crippen LogP contribution >= 0.6 is 23.2 Å². The van der Waals surface area contributed by atoms with Crippen molar-refractivity contribution < 1.29 is 0 Å². The molecule has 0 aliphatic heterocycles. The van der Waals surface area contributed by atoms with Crippen molar-refractivity contribution in [3.63, 3.8) is 0 Å². The average molecular weight is 247 g/mol. The third-order valence-electron chi connectivity index (χ3n) is 1.94. The molecule has 0 saturated heterocycles. The van der Waals surface area contributed by atoms with Crippen molar-refractivity contribution in [1.29, 1.82) is 0 Å². The Hall–Kier alpha value is -1.13. The number of halogens is 2. The molecule has 0 saturated carbocycles. The summed E-state index contributed by atoms with van der Waals surface area (Å²) in [7, 11) is 0. The largest absolute Gasteiger partial charge is 0.368 e. The van der Waals surface area contributed by atoms with Crippen molar-refractivity contribution in [1.82, 2.24) is 0 Å². The highest BCUT2D eigenvalue weighted by Crippen LogP contribution is 2.26. The van der Waals surface area contributed by atoms with Crippen LogP contribution in [0.25, 0.3) is 0 Å². The summed E-state index contributed by atoms with van der Waals surface area (Å²) in [5, 5.41) is 4.40. The van der Waals surface area contributed by atoms with E-state index in [-0.39, 0.29) is 5.96 Å². The Morgan fingerprint density at radius 3 is 2.53 bits per heavy atom. The summed E-state index contributed by atoms with van der Waals surface area (Å²) in [4.78, 5) is 1.72. The van der Waals surface area contributed by atoms with Crippen molar-refractivity contribution >= 4 is 34.8 Å². The number of nitrogens with zero attached hydrogens (tertiary/aromatic N) is 2. The van der Waals surface area contributed by atoms with Gasteiger partial charge >= 0.3 is 0 Å². The van der Waals surface area contributed by atoms with Crippen molar-refractivity contribution in [2.24, 2.45) is 16.7 Å². The molecule has 0 unspecified atom stereocenters. The number of guanidine groups is 1. The highest BCUT2D eigenvalue weighted by atomic mass is 35.5. The number of rotatable bonds is 2. The minimum absolute atomic E-state index is 0.232. The molecule has 0 atom stereocenters. The Bertz CT molecular complexity index is 378. The quantitative estimate of drug-likeness (QED) is 0.363. The fraction of sp³-hybridized carbons (Fsp3) is 0.222. The molecule has 0 spiro atoms. The lowest BCUT2D eigenvalue weighted by molar-refractivity contribution is 1.02. The second-order valence-electron chi connectivity index (χ2n) is 2.83. The third kappa shape index (κ3) is 2.67. The molecule has 0 heterocycles. The minimum Gasteiger partial charge on any atom is -0.368 e. The molecule has 1 aromatic carbocycles. The van der Waals surface area contributed by atoms with Gasteiger partial charge in [-0.15, -0.1) is 5.10 Å². The van der Waals surface area contributed by atoms with E-state index in [1.165, 1.54) is 0 Å². The monoisotopic (exact) mass is 246 g/mol. The predicted octanol–water partition coefficient (Wildman–Crippen LogP) is 2.01. The summed E-state index contributed by atoms with van der Waals surface area (Å²) in [6.45, 7) is 2.57. The van der Waals surface area contributed by atoms with Crippen LogP contribution < -0.4 is 16.5 Å². The molecule has 15 heavy (non-hydrogen) atoms. The van der Waals surface area contributed by atoms with Crippen molar-refractivity contribution in [3.05, 3.63) is 28.2 Å². The lowest BCUT2D eigenvalue weighted by Crippen LogP contribution is -2.38. The number of hydrazone groups is 1. The van der Waals surface area contributed by atoms with Gasteiger partial charge in [0.15, 0.2) is 0 Å². The van der Waals surface area contributed by atoms with Gasteiger partial charge in [0, 0.05) is 12.2 Å². The fourth-order valence-electron chi connectivity index (χ4n) is 1.20. The molecule has 4 nitrogen and oxygen atoms in total. The Kier molecular flexibility index (Phi) is 4.05. The molecule has 0 radical (unpaired) electrons. The first-order chi connectivity index (χ1) is 7.10. The zero-order valence-electron chi connectivity index (χ0n) is 8.24. The highest BCUT2D eigenvalue weighted by molar-refractivity contribution is 6.42. The van der Waals surface area contributed by atoms with Crippen LogP contribution in [-0.2, 0) is 0 Å². The zero-order valence-corrected chi connectivity index (χ0v) is 9.76. The number of nitrogens with two attached hydrogens (primary N) is 2. The SMILES string of the molecule is CCN(/C(N)=N/N)c1ccc(Cl)c(Cl)c1. The molecule has 0 bridgehead atoms. The molecule has 82 valence electrons.